The van der Waals surface area contributed by atoms with Crippen molar-refractivity contribution in [2.75, 3.05) is 39.7 Å². The molecule has 1 aromatic carbocycles. The summed E-state index contributed by atoms with van der Waals surface area (Å²) < 4.78 is 12.4. The highest BCUT2D eigenvalue weighted by Gasteiger charge is 2.26. The van der Waals surface area contributed by atoms with Crippen LogP contribution in [0.5, 0.6) is 11.5 Å². The molecule has 1 aliphatic rings. The summed E-state index contributed by atoms with van der Waals surface area (Å²) >= 11 is 1.68. The fourth-order valence-electron chi connectivity index (χ4n) is 3.47. The molecule has 0 unspecified atom stereocenters. The van der Waals surface area contributed by atoms with Crippen LogP contribution in [0.25, 0.3) is 0 Å². The molecular weight excluding hydrogens is 364 g/mol. The van der Waals surface area contributed by atoms with E-state index in [1.807, 2.05) is 19.2 Å². The number of hydrogen-bond donors (Lipinski definition) is 1. The van der Waals surface area contributed by atoms with Crippen LogP contribution in [0.15, 0.2) is 23.4 Å². The molecule has 0 aliphatic carbocycles. The monoisotopic (exact) mass is 392 g/mol. The van der Waals surface area contributed by atoms with Crippen LogP contribution in [0.1, 0.15) is 30.1 Å². The number of phenolic OH excluding ortho intramolecular Hbond substituents is 1. The fraction of sp³-hybridized carbons (Fsp3) is 0.579. The molecular formula is C19H28N4O3S. The van der Waals surface area contributed by atoms with Gasteiger partial charge in [0.25, 0.3) is 0 Å². The maximum Gasteiger partial charge on any atom is 0.191 e. The summed E-state index contributed by atoms with van der Waals surface area (Å²) in [6.45, 7) is 3.38. The molecule has 3 rings (SSSR count). The molecule has 2 heterocycles. The average molecular weight is 393 g/mol. The number of rotatable bonds is 8. The Bertz CT molecular complexity index is 745. The summed E-state index contributed by atoms with van der Waals surface area (Å²) in [6, 6.07) is 5.65. The Balaban J connectivity index is 1.56. The van der Waals surface area contributed by atoms with Gasteiger partial charge in [-0.05, 0) is 32.0 Å². The summed E-state index contributed by atoms with van der Waals surface area (Å²) in [7, 11) is 5.33. The van der Waals surface area contributed by atoms with Crippen molar-refractivity contribution in [2.45, 2.75) is 30.5 Å². The molecule has 1 saturated heterocycles. The summed E-state index contributed by atoms with van der Waals surface area (Å²) in [4.78, 5) is 2.37. The van der Waals surface area contributed by atoms with Crippen LogP contribution in [-0.2, 0) is 18.3 Å². The highest BCUT2D eigenvalue weighted by atomic mass is 32.2. The van der Waals surface area contributed by atoms with E-state index >= 15 is 0 Å². The van der Waals surface area contributed by atoms with Crippen molar-refractivity contribution in [1.82, 2.24) is 19.7 Å². The number of phenols is 1. The van der Waals surface area contributed by atoms with Gasteiger partial charge < -0.3 is 19.1 Å². The maximum atomic E-state index is 10.3. The number of piperidine rings is 1. The molecule has 8 heteroatoms. The molecule has 0 amide bonds. The number of methoxy groups -OCH3 is 2. The Morgan fingerprint density at radius 2 is 2.00 bits per heavy atom. The zero-order chi connectivity index (χ0) is 19.2. The predicted octanol–water partition coefficient (Wildman–Crippen LogP) is 2.65. The normalized spacial score (nSPS) is 16.0. The number of likely N-dealkylation sites (tertiary alicyclic amines) is 1. The second-order valence-corrected chi connectivity index (χ2v) is 7.82. The molecule has 0 radical (unpaired) electrons. The van der Waals surface area contributed by atoms with Gasteiger partial charge in [-0.15, -0.1) is 10.2 Å². The number of aromatic nitrogens is 3. The molecule has 1 fully saturated rings. The number of aromatic hydroxyl groups is 1. The Morgan fingerprint density at radius 3 is 2.70 bits per heavy atom. The fourth-order valence-corrected chi connectivity index (χ4v) is 4.29. The summed E-state index contributed by atoms with van der Waals surface area (Å²) in [5.41, 5.74) is 0.906. The first-order valence-electron chi connectivity index (χ1n) is 9.22. The minimum Gasteiger partial charge on any atom is -0.504 e. The second kappa shape index (κ2) is 9.43. The van der Waals surface area contributed by atoms with Crippen LogP contribution in [0.2, 0.25) is 0 Å². The van der Waals surface area contributed by atoms with Crippen LogP contribution in [0.3, 0.4) is 0 Å². The highest BCUT2D eigenvalue weighted by molar-refractivity contribution is 7.99. The van der Waals surface area contributed by atoms with Gasteiger partial charge >= 0.3 is 0 Å². The molecule has 0 spiro atoms. The first-order valence-corrected chi connectivity index (χ1v) is 10.2. The van der Waals surface area contributed by atoms with E-state index < -0.39 is 0 Å². The van der Waals surface area contributed by atoms with E-state index in [9.17, 15) is 5.11 Å². The van der Waals surface area contributed by atoms with Gasteiger partial charge in [0.05, 0.1) is 13.7 Å². The first kappa shape index (κ1) is 20.0. The number of para-hydroxylation sites is 1. The molecule has 0 atom stereocenters. The largest absolute Gasteiger partial charge is 0.504 e. The summed E-state index contributed by atoms with van der Waals surface area (Å²) in [5, 5.41) is 20.0. The molecule has 148 valence electrons. The van der Waals surface area contributed by atoms with Crippen LogP contribution < -0.4 is 4.74 Å². The van der Waals surface area contributed by atoms with Gasteiger partial charge in [-0.2, -0.15) is 0 Å². The molecule has 0 bridgehead atoms. The van der Waals surface area contributed by atoms with Gasteiger partial charge in [-0.3, -0.25) is 4.90 Å². The highest BCUT2D eigenvalue weighted by Crippen LogP contribution is 2.33. The van der Waals surface area contributed by atoms with E-state index in [1.165, 1.54) is 0 Å². The van der Waals surface area contributed by atoms with Gasteiger partial charge in [-0.25, -0.2) is 0 Å². The zero-order valence-electron chi connectivity index (χ0n) is 16.2. The molecule has 1 N–H and O–H groups in total. The lowest BCUT2D eigenvalue weighted by atomic mass is 9.95. The summed E-state index contributed by atoms with van der Waals surface area (Å²) in [5.74, 6) is 3.15. The quantitative estimate of drug-likeness (QED) is 0.547. The minimum atomic E-state index is 0.244. The van der Waals surface area contributed by atoms with Crippen LogP contribution in [0, 0.1) is 0 Å². The average Bonchev–Trinajstić information content (AvgIpc) is 3.05. The van der Waals surface area contributed by atoms with E-state index in [2.05, 4.69) is 19.7 Å². The van der Waals surface area contributed by atoms with E-state index in [-0.39, 0.29) is 5.75 Å². The van der Waals surface area contributed by atoms with Crippen LogP contribution in [-0.4, -0.2) is 64.4 Å². The smallest absolute Gasteiger partial charge is 0.191 e. The first-order chi connectivity index (χ1) is 13.1. The third-order valence-corrected chi connectivity index (χ3v) is 6.02. The van der Waals surface area contributed by atoms with Gasteiger partial charge in [0.2, 0.25) is 0 Å². The third kappa shape index (κ3) is 4.75. The number of ether oxygens (including phenoxy) is 2. The number of nitrogens with zero attached hydrogens (tertiary/aromatic N) is 4. The van der Waals surface area contributed by atoms with Crippen LogP contribution in [0.4, 0.5) is 0 Å². The predicted molar refractivity (Wildman–Crippen MR) is 106 cm³/mol. The van der Waals surface area contributed by atoms with Gasteiger partial charge in [0.15, 0.2) is 16.7 Å². The van der Waals surface area contributed by atoms with Crippen molar-refractivity contribution in [3.8, 4) is 11.5 Å². The Labute approximate surface area is 164 Å². The van der Waals surface area contributed by atoms with Crippen molar-refractivity contribution in [3.05, 3.63) is 29.6 Å². The van der Waals surface area contributed by atoms with E-state index in [0.717, 1.165) is 54.8 Å². The summed E-state index contributed by atoms with van der Waals surface area (Å²) in [6.07, 6.45) is 2.08. The lowest BCUT2D eigenvalue weighted by Crippen LogP contribution is -2.33. The molecule has 2 aromatic rings. The topological polar surface area (TPSA) is 72.6 Å². The lowest BCUT2D eigenvalue weighted by molar-refractivity contribution is 0.198. The Morgan fingerprint density at radius 1 is 1.22 bits per heavy atom. The van der Waals surface area contributed by atoms with Gasteiger partial charge in [0, 0.05) is 37.9 Å². The molecule has 1 aliphatic heterocycles. The standard InChI is InChI=1S/C19H28N4O3S/c1-22-18(20-21-19(22)27-12-11-25-2)14-7-9-23(10-8-14)13-15-5-4-6-16(26-3)17(15)24/h4-6,14,24H,7-13H2,1-3H3. The molecule has 1 aromatic heterocycles. The van der Waals surface area contributed by atoms with Crippen LogP contribution >= 0.6 is 11.8 Å². The maximum absolute atomic E-state index is 10.3. The van der Waals surface area contributed by atoms with Gasteiger partial charge in [-0.1, -0.05) is 23.9 Å². The Hall–Kier alpha value is -1.77. The van der Waals surface area contributed by atoms with Crippen molar-refractivity contribution in [2.24, 2.45) is 7.05 Å². The van der Waals surface area contributed by atoms with E-state index in [1.54, 1.807) is 32.0 Å². The van der Waals surface area contributed by atoms with Crippen molar-refractivity contribution < 1.29 is 14.6 Å². The third-order valence-electron chi connectivity index (χ3n) is 5.04. The lowest BCUT2D eigenvalue weighted by Gasteiger charge is -2.31. The van der Waals surface area contributed by atoms with E-state index in [0.29, 0.717) is 18.3 Å². The molecule has 7 nitrogen and oxygen atoms in total. The second-order valence-electron chi connectivity index (χ2n) is 6.76. The number of thioether (sulfide) groups is 1. The molecule has 27 heavy (non-hydrogen) atoms. The van der Waals surface area contributed by atoms with E-state index in [4.69, 9.17) is 9.47 Å². The van der Waals surface area contributed by atoms with Crippen molar-refractivity contribution >= 4 is 11.8 Å². The Kier molecular flexibility index (Phi) is 6.98. The number of benzene rings is 1. The van der Waals surface area contributed by atoms with Crippen molar-refractivity contribution in [1.29, 1.82) is 0 Å². The zero-order valence-corrected chi connectivity index (χ0v) is 17.0. The van der Waals surface area contributed by atoms with Gasteiger partial charge in [0.1, 0.15) is 5.82 Å². The SMILES string of the molecule is COCCSc1nnc(C2CCN(Cc3cccc(OC)c3O)CC2)n1C. The van der Waals surface area contributed by atoms with Crippen molar-refractivity contribution in [3.63, 3.8) is 0 Å². The molecule has 0 saturated carbocycles. The number of hydrogen-bond acceptors (Lipinski definition) is 7. The minimum absolute atomic E-state index is 0.244.